The molecule has 2 saturated heterocycles. The largest absolute Gasteiger partial charge is 0.383 e. The average molecular weight is 446 g/mol. The molecule has 3 heterocycles. The lowest BCUT2D eigenvalue weighted by molar-refractivity contribution is -0.160. The summed E-state index contributed by atoms with van der Waals surface area (Å²) in [6.45, 7) is 3.63. The molecule has 164 valence electrons. The molecule has 1 aromatic heterocycles. The van der Waals surface area contributed by atoms with Gasteiger partial charge in [-0.2, -0.15) is 5.10 Å². The molecule has 2 aromatic rings. The van der Waals surface area contributed by atoms with Gasteiger partial charge in [-0.1, -0.05) is 23.7 Å². The third-order valence-electron chi connectivity index (χ3n) is 5.82. The Morgan fingerprint density at radius 1 is 1.26 bits per heavy atom. The molecule has 2 aliphatic heterocycles. The standard InChI is InChI=1S/C21H24ClN5O4/c1-13-19(28)26-7-6-25(8-9-31-2)21(30)18(26)12-27(13)20(29)17-11-16(23-24-17)14-4-3-5-15(22)10-14/h3-5,10-11,13,18H,6-9,12H2,1-2H3,(H,23,24). The first-order valence-electron chi connectivity index (χ1n) is 10.1. The first-order valence-corrected chi connectivity index (χ1v) is 10.5. The highest BCUT2D eigenvalue weighted by atomic mass is 35.5. The number of aromatic nitrogens is 2. The zero-order chi connectivity index (χ0) is 22.1. The minimum absolute atomic E-state index is 0.138. The molecule has 0 bridgehead atoms. The van der Waals surface area contributed by atoms with Crippen LogP contribution in [0.2, 0.25) is 5.02 Å². The summed E-state index contributed by atoms with van der Waals surface area (Å²) in [6, 6.07) is 7.44. The molecule has 0 spiro atoms. The number of halogens is 1. The van der Waals surface area contributed by atoms with Crippen molar-refractivity contribution in [1.29, 1.82) is 0 Å². The van der Waals surface area contributed by atoms with Gasteiger partial charge >= 0.3 is 0 Å². The predicted octanol–water partition coefficient (Wildman–Crippen LogP) is 1.26. The highest BCUT2D eigenvalue weighted by molar-refractivity contribution is 6.30. The molecule has 2 unspecified atom stereocenters. The van der Waals surface area contributed by atoms with Crippen LogP contribution < -0.4 is 0 Å². The van der Waals surface area contributed by atoms with Crippen molar-refractivity contribution in [2.75, 3.05) is 39.9 Å². The number of methoxy groups -OCH3 is 1. The molecule has 1 N–H and O–H groups in total. The molecule has 3 amide bonds. The molecule has 2 fully saturated rings. The molecule has 2 aliphatic rings. The van der Waals surface area contributed by atoms with Crippen molar-refractivity contribution >= 4 is 29.3 Å². The van der Waals surface area contributed by atoms with E-state index in [2.05, 4.69) is 10.2 Å². The van der Waals surface area contributed by atoms with Gasteiger partial charge in [-0.25, -0.2) is 0 Å². The van der Waals surface area contributed by atoms with E-state index in [1.54, 1.807) is 48.1 Å². The van der Waals surface area contributed by atoms with Crippen LogP contribution in [0.15, 0.2) is 30.3 Å². The maximum absolute atomic E-state index is 13.2. The Morgan fingerprint density at radius 3 is 2.81 bits per heavy atom. The van der Waals surface area contributed by atoms with E-state index >= 15 is 0 Å². The first-order chi connectivity index (χ1) is 14.9. The van der Waals surface area contributed by atoms with Gasteiger partial charge in [-0.3, -0.25) is 19.5 Å². The van der Waals surface area contributed by atoms with E-state index in [9.17, 15) is 14.4 Å². The van der Waals surface area contributed by atoms with Gasteiger partial charge in [-0.05, 0) is 25.1 Å². The van der Waals surface area contributed by atoms with Crippen molar-refractivity contribution < 1.29 is 19.1 Å². The molecule has 2 atom stereocenters. The second kappa shape index (κ2) is 8.68. The maximum atomic E-state index is 13.2. The topological polar surface area (TPSA) is 98.8 Å². The SMILES string of the molecule is COCCN1CCN2C(=O)C(C)N(C(=O)c3cc(-c4cccc(Cl)c4)n[nH]3)CC2C1=O. The summed E-state index contributed by atoms with van der Waals surface area (Å²) in [5, 5.41) is 7.54. The second-order valence-corrected chi connectivity index (χ2v) is 8.11. The minimum Gasteiger partial charge on any atom is -0.383 e. The second-order valence-electron chi connectivity index (χ2n) is 7.68. The van der Waals surface area contributed by atoms with Crippen LogP contribution in [-0.2, 0) is 14.3 Å². The number of carbonyl (C=O) groups excluding carboxylic acids is 3. The predicted molar refractivity (Wildman–Crippen MR) is 113 cm³/mol. The Kier molecular flexibility index (Phi) is 5.97. The molecule has 0 aliphatic carbocycles. The molecule has 10 heteroatoms. The smallest absolute Gasteiger partial charge is 0.272 e. The third-order valence-corrected chi connectivity index (χ3v) is 6.05. The number of aromatic amines is 1. The van der Waals surface area contributed by atoms with Crippen LogP contribution in [0.3, 0.4) is 0 Å². The molecule has 31 heavy (non-hydrogen) atoms. The number of piperazine rings is 2. The van der Waals surface area contributed by atoms with E-state index in [-0.39, 0.29) is 30.0 Å². The van der Waals surface area contributed by atoms with Crippen molar-refractivity contribution in [3.05, 3.63) is 41.0 Å². The Balaban J connectivity index is 1.54. The van der Waals surface area contributed by atoms with Crippen LogP contribution in [0.1, 0.15) is 17.4 Å². The number of hydrogen-bond donors (Lipinski definition) is 1. The van der Waals surface area contributed by atoms with Gasteiger partial charge in [0.2, 0.25) is 11.8 Å². The van der Waals surface area contributed by atoms with Crippen molar-refractivity contribution in [3.63, 3.8) is 0 Å². The van der Waals surface area contributed by atoms with Gasteiger partial charge in [-0.15, -0.1) is 0 Å². The molecule has 9 nitrogen and oxygen atoms in total. The molecular weight excluding hydrogens is 422 g/mol. The fourth-order valence-corrected chi connectivity index (χ4v) is 4.25. The summed E-state index contributed by atoms with van der Waals surface area (Å²) in [5.74, 6) is -0.757. The summed E-state index contributed by atoms with van der Waals surface area (Å²) in [6.07, 6.45) is 0. The van der Waals surface area contributed by atoms with Crippen LogP contribution in [0.5, 0.6) is 0 Å². The van der Waals surface area contributed by atoms with Crippen molar-refractivity contribution in [1.82, 2.24) is 24.9 Å². The van der Waals surface area contributed by atoms with E-state index in [1.165, 1.54) is 4.90 Å². The quantitative estimate of drug-likeness (QED) is 0.747. The zero-order valence-corrected chi connectivity index (χ0v) is 18.1. The van der Waals surface area contributed by atoms with Gasteiger partial charge in [0.25, 0.3) is 5.91 Å². The lowest BCUT2D eigenvalue weighted by Gasteiger charge is -2.48. The van der Waals surface area contributed by atoms with Crippen molar-refractivity contribution in [2.24, 2.45) is 0 Å². The normalized spacial score (nSPS) is 21.5. The minimum atomic E-state index is -0.687. The number of ether oxygens (including phenoxy) is 1. The Bertz CT molecular complexity index is 1010. The molecular formula is C21H24ClN5O4. The third kappa shape index (κ3) is 4.03. The van der Waals surface area contributed by atoms with Gasteiger partial charge in [0.1, 0.15) is 17.8 Å². The van der Waals surface area contributed by atoms with Gasteiger partial charge in [0.05, 0.1) is 18.8 Å². The van der Waals surface area contributed by atoms with Gasteiger partial charge in [0, 0.05) is 37.3 Å². The number of nitrogens with one attached hydrogen (secondary N) is 1. The Labute approximate surface area is 184 Å². The van der Waals surface area contributed by atoms with Crippen LogP contribution in [0, 0.1) is 0 Å². The zero-order valence-electron chi connectivity index (χ0n) is 17.4. The maximum Gasteiger partial charge on any atom is 0.272 e. The number of carbonyl (C=O) groups is 3. The molecule has 1 aromatic carbocycles. The number of amides is 3. The van der Waals surface area contributed by atoms with Crippen molar-refractivity contribution in [2.45, 2.75) is 19.0 Å². The molecule has 0 saturated carbocycles. The van der Waals surface area contributed by atoms with Crippen LogP contribution in [0.25, 0.3) is 11.3 Å². The molecule has 4 rings (SSSR count). The lowest BCUT2D eigenvalue weighted by Crippen LogP contribution is -2.70. The highest BCUT2D eigenvalue weighted by Crippen LogP contribution is 2.25. The summed E-state index contributed by atoms with van der Waals surface area (Å²) >= 11 is 6.04. The lowest BCUT2D eigenvalue weighted by atomic mass is 10.0. The van der Waals surface area contributed by atoms with E-state index in [1.807, 2.05) is 6.07 Å². The van der Waals surface area contributed by atoms with Crippen molar-refractivity contribution in [3.8, 4) is 11.3 Å². The monoisotopic (exact) mass is 445 g/mol. The van der Waals surface area contributed by atoms with Crippen LogP contribution >= 0.6 is 11.6 Å². The number of nitrogens with zero attached hydrogens (tertiary/aromatic N) is 4. The summed E-state index contributed by atoms with van der Waals surface area (Å²) in [5.41, 5.74) is 1.60. The number of fused-ring (bicyclic) bond motifs is 1. The summed E-state index contributed by atoms with van der Waals surface area (Å²) in [7, 11) is 1.58. The fourth-order valence-electron chi connectivity index (χ4n) is 4.06. The summed E-state index contributed by atoms with van der Waals surface area (Å²) < 4.78 is 5.07. The van der Waals surface area contributed by atoms with Gasteiger partial charge < -0.3 is 19.4 Å². The van der Waals surface area contributed by atoms with Gasteiger partial charge in [0.15, 0.2) is 0 Å². The fraction of sp³-hybridized carbons (Fsp3) is 0.429. The number of rotatable bonds is 5. The van der Waals surface area contributed by atoms with Crippen LogP contribution in [0.4, 0.5) is 0 Å². The van der Waals surface area contributed by atoms with E-state index < -0.39 is 12.1 Å². The van der Waals surface area contributed by atoms with E-state index in [0.29, 0.717) is 37.0 Å². The first kappa shape index (κ1) is 21.3. The summed E-state index contributed by atoms with van der Waals surface area (Å²) in [4.78, 5) is 43.8. The average Bonchev–Trinajstić information content (AvgIpc) is 3.26. The highest BCUT2D eigenvalue weighted by Gasteiger charge is 2.46. The number of hydrogen-bond acceptors (Lipinski definition) is 5. The number of H-pyrrole nitrogens is 1. The van der Waals surface area contributed by atoms with E-state index in [4.69, 9.17) is 16.3 Å². The Morgan fingerprint density at radius 2 is 2.06 bits per heavy atom. The Hall–Kier alpha value is -2.91. The van der Waals surface area contributed by atoms with Crippen LogP contribution in [-0.4, -0.2) is 94.6 Å². The molecule has 0 radical (unpaired) electrons. The van der Waals surface area contributed by atoms with E-state index in [0.717, 1.165) is 5.56 Å². The number of benzene rings is 1.